The number of nitrogens with zero attached hydrogens (tertiary/aromatic N) is 5. The lowest BCUT2D eigenvalue weighted by molar-refractivity contribution is 0.0979. The topological polar surface area (TPSA) is 73.1 Å². The van der Waals surface area contributed by atoms with Crippen LogP contribution in [0.2, 0.25) is 0 Å². The largest absolute Gasteiger partial charge is 0.494 e. The number of hydrogen-bond acceptors (Lipinski definition) is 6. The summed E-state index contributed by atoms with van der Waals surface area (Å²) in [6.07, 6.45) is 1.72. The van der Waals surface area contributed by atoms with Crippen molar-refractivity contribution in [2.75, 3.05) is 12.0 Å². The van der Waals surface area contributed by atoms with E-state index in [9.17, 15) is 4.79 Å². The molecule has 7 nitrogen and oxygen atoms in total. The van der Waals surface area contributed by atoms with E-state index in [1.165, 1.54) is 11.3 Å². The van der Waals surface area contributed by atoms with Crippen LogP contribution >= 0.6 is 11.3 Å². The second kappa shape index (κ2) is 8.00. The summed E-state index contributed by atoms with van der Waals surface area (Å²) in [5.74, 6) is 0.477. The predicted molar refractivity (Wildman–Crippen MR) is 114 cm³/mol. The van der Waals surface area contributed by atoms with Crippen LogP contribution in [0.25, 0.3) is 10.2 Å². The number of aromatic nitrogens is 4. The Hall–Kier alpha value is -3.26. The first-order valence-electron chi connectivity index (χ1n) is 9.30. The molecule has 0 saturated carbocycles. The van der Waals surface area contributed by atoms with Crippen LogP contribution in [-0.4, -0.2) is 32.8 Å². The Morgan fingerprint density at radius 2 is 2.10 bits per heavy atom. The van der Waals surface area contributed by atoms with Gasteiger partial charge < -0.3 is 4.74 Å². The second-order valence-electron chi connectivity index (χ2n) is 6.50. The third-order valence-corrected chi connectivity index (χ3v) is 5.66. The Bertz CT molecular complexity index is 1150. The highest BCUT2D eigenvalue weighted by Crippen LogP contribution is 2.35. The molecule has 4 aromatic rings. The van der Waals surface area contributed by atoms with Gasteiger partial charge in [0.05, 0.1) is 24.0 Å². The molecule has 3 heterocycles. The number of fused-ring (bicyclic) bond motifs is 1. The molecule has 0 unspecified atom stereocenters. The maximum Gasteiger partial charge on any atom is 0.280 e. The highest BCUT2D eigenvalue weighted by Gasteiger charge is 2.25. The lowest BCUT2D eigenvalue weighted by atomic mass is 10.3. The van der Waals surface area contributed by atoms with Gasteiger partial charge in [-0.1, -0.05) is 23.5 Å². The number of benzene rings is 1. The third-order valence-electron chi connectivity index (χ3n) is 4.61. The van der Waals surface area contributed by atoms with Gasteiger partial charge in [-0.2, -0.15) is 5.10 Å². The van der Waals surface area contributed by atoms with Crippen LogP contribution in [0, 0.1) is 6.92 Å². The van der Waals surface area contributed by atoms with E-state index < -0.39 is 0 Å². The third kappa shape index (κ3) is 3.71. The van der Waals surface area contributed by atoms with Crippen molar-refractivity contribution < 1.29 is 9.53 Å². The van der Waals surface area contributed by atoms with Gasteiger partial charge in [0.25, 0.3) is 5.91 Å². The molecule has 0 aliphatic carbocycles. The van der Waals surface area contributed by atoms with Crippen LogP contribution in [0.1, 0.15) is 28.8 Å². The van der Waals surface area contributed by atoms with Gasteiger partial charge in [-0.25, -0.2) is 4.98 Å². The normalized spacial score (nSPS) is 11.0. The van der Waals surface area contributed by atoms with Gasteiger partial charge in [-0.05, 0) is 44.2 Å². The van der Waals surface area contributed by atoms with Crippen molar-refractivity contribution in [3.63, 3.8) is 0 Å². The van der Waals surface area contributed by atoms with E-state index >= 15 is 0 Å². The SMILES string of the molecule is CCn1nc(C(=O)N(Cc2ccccn2)c2nc3c(OC)cccc3s2)cc1C. The Kier molecular flexibility index (Phi) is 5.26. The molecular weight excluding hydrogens is 386 g/mol. The second-order valence-corrected chi connectivity index (χ2v) is 7.51. The Balaban J connectivity index is 1.78. The standard InChI is InChI=1S/C21H21N5O2S/c1-4-26-14(2)12-16(24-26)20(27)25(13-15-8-5-6-11-22-15)21-23-19-17(28-3)9-7-10-18(19)29-21/h5-12H,4,13H2,1-3H3. The summed E-state index contributed by atoms with van der Waals surface area (Å²) in [5.41, 5.74) is 2.86. The Morgan fingerprint density at radius 3 is 2.79 bits per heavy atom. The summed E-state index contributed by atoms with van der Waals surface area (Å²) in [5, 5.41) is 5.05. The van der Waals surface area contributed by atoms with E-state index in [0.29, 0.717) is 29.7 Å². The Morgan fingerprint density at radius 1 is 1.24 bits per heavy atom. The number of methoxy groups -OCH3 is 1. The molecule has 1 aromatic carbocycles. The van der Waals surface area contributed by atoms with Crippen molar-refractivity contribution in [1.82, 2.24) is 19.7 Å². The fourth-order valence-electron chi connectivity index (χ4n) is 3.14. The van der Waals surface area contributed by atoms with Crippen molar-refractivity contribution in [3.8, 4) is 5.75 Å². The number of carbonyl (C=O) groups is 1. The maximum absolute atomic E-state index is 13.4. The number of ether oxygens (including phenoxy) is 1. The number of carbonyl (C=O) groups excluding carboxylic acids is 1. The van der Waals surface area contributed by atoms with E-state index in [0.717, 1.165) is 21.6 Å². The van der Waals surface area contributed by atoms with Gasteiger partial charge in [-0.15, -0.1) is 0 Å². The molecule has 0 N–H and O–H groups in total. The van der Waals surface area contributed by atoms with Gasteiger partial charge in [-0.3, -0.25) is 19.4 Å². The van der Waals surface area contributed by atoms with Crippen molar-refractivity contribution in [1.29, 1.82) is 0 Å². The van der Waals surface area contributed by atoms with E-state index in [2.05, 4.69) is 10.1 Å². The van der Waals surface area contributed by atoms with Crippen molar-refractivity contribution in [2.45, 2.75) is 26.9 Å². The first-order valence-corrected chi connectivity index (χ1v) is 10.1. The van der Waals surface area contributed by atoms with Gasteiger partial charge in [0.1, 0.15) is 11.3 Å². The number of anilines is 1. The molecule has 3 aromatic heterocycles. The van der Waals surface area contributed by atoms with E-state index in [4.69, 9.17) is 9.72 Å². The van der Waals surface area contributed by atoms with Gasteiger partial charge in [0.15, 0.2) is 10.8 Å². The number of thiazole rings is 1. The number of hydrogen-bond donors (Lipinski definition) is 0. The zero-order chi connectivity index (χ0) is 20.4. The van der Waals surface area contributed by atoms with E-state index in [1.54, 1.807) is 18.2 Å². The summed E-state index contributed by atoms with van der Waals surface area (Å²) in [4.78, 5) is 24.1. The smallest absolute Gasteiger partial charge is 0.280 e. The molecular formula is C21H21N5O2S. The fraction of sp³-hybridized carbons (Fsp3) is 0.238. The molecule has 0 atom stereocenters. The Labute approximate surface area is 172 Å². The van der Waals surface area contributed by atoms with E-state index in [1.807, 2.05) is 61.0 Å². The van der Waals surface area contributed by atoms with Crippen molar-refractivity contribution in [3.05, 3.63) is 65.7 Å². The molecule has 29 heavy (non-hydrogen) atoms. The molecule has 148 valence electrons. The van der Waals surface area contributed by atoms with Gasteiger partial charge in [0, 0.05) is 18.4 Å². The molecule has 0 aliphatic rings. The summed E-state index contributed by atoms with van der Waals surface area (Å²) < 4.78 is 8.20. The van der Waals surface area contributed by atoms with Gasteiger partial charge >= 0.3 is 0 Å². The number of amides is 1. The van der Waals surface area contributed by atoms with Crippen LogP contribution < -0.4 is 9.64 Å². The average molecular weight is 407 g/mol. The zero-order valence-electron chi connectivity index (χ0n) is 16.5. The molecule has 0 radical (unpaired) electrons. The van der Waals surface area contributed by atoms with Crippen LogP contribution in [0.4, 0.5) is 5.13 Å². The molecule has 1 amide bonds. The molecule has 0 spiro atoms. The summed E-state index contributed by atoms with van der Waals surface area (Å²) >= 11 is 1.45. The highest BCUT2D eigenvalue weighted by molar-refractivity contribution is 7.22. The summed E-state index contributed by atoms with van der Waals surface area (Å²) in [6, 6.07) is 13.2. The number of aryl methyl sites for hydroxylation is 2. The van der Waals surface area contributed by atoms with Crippen LogP contribution in [0.3, 0.4) is 0 Å². The molecule has 0 aliphatic heterocycles. The molecule has 8 heteroatoms. The highest BCUT2D eigenvalue weighted by atomic mass is 32.1. The van der Waals surface area contributed by atoms with Crippen LogP contribution in [0.15, 0.2) is 48.7 Å². The minimum absolute atomic E-state index is 0.205. The first-order chi connectivity index (χ1) is 14.1. The monoisotopic (exact) mass is 407 g/mol. The van der Waals surface area contributed by atoms with Crippen LogP contribution in [-0.2, 0) is 13.1 Å². The first kappa shape index (κ1) is 19.1. The molecule has 0 fully saturated rings. The summed E-state index contributed by atoms with van der Waals surface area (Å²) in [7, 11) is 1.62. The zero-order valence-corrected chi connectivity index (χ0v) is 17.3. The molecule has 0 saturated heterocycles. The summed E-state index contributed by atoms with van der Waals surface area (Å²) in [6.45, 7) is 4.95. The molecule has 0 bridgehead atoms. The lowest BCUT2D eigenvalue weighted by Crippen LogP contribution is -2.31. The van der Waals surface area contributed by atoms with Gasteiger partial charge in [0.2, 0.25) is 0 Å². The van der Waals surface area contributed by atoms with E-state index in [-0.39, 0.29) is 5.91 Å². The predicted octanol–water partition coefficient (Wildman–Crippen LogP) is 4.07. The van der Waals surface area contributed by atoms with Crippen molar-refractivity contribution >= 4 is 32.6 Å². The minimum Gasteiger partial charge on any atom is -0.494 e. The number of rotatable bonds is 6. The average Bonchev–Trinajstić information content (AvgIpc) is 3.35. The number of para-hydroxylation sites is 1. The van der Waals surface area contributed by atoms with Crippen molar-refractivity contribution in [2.24, 2.45) is 0 Å². The lowest BCUT2D eigenvalue weighted by Gasteiger charge is -2.18. The fourth-order valence-corrected chi connectivity index (χ4v) is 4.13. The van der Waals surface area contributed by atoms with Crippen LogP contribution in [0.5, 0.6) is 5.75 Å². The minimum atomic E-state index is -0.205. The number of pyridine rings is 1. The molecule has 4 rings (SSSR count). The quantitative estimate of drug-likeness (QED) is 0.482. The maximum atomic E-state index is 13.4.